The predicted octanol–water partition coefficient (Wildman–Crippen LogP) is 2.01. The molecule has 4 heteroatoms. The van der Waals surface area contributed by atoms with Gasteiger partial charge in [-0.1, -0.05) is 20.8 Å². The van der Waals surface area contributed by atoms with Crippen LogP contribution in [0.5, 0.6) is 0 Å². The third kappa shape index (κ3) is 2.34. The van der Waals surface area contributed by atoms with Gasteiger partial charge in [0.2, 0.25) is 0 Å². The van der Waals surface area contributed by atoms with E-state index >= 15 is 0 Å². The Balaban J connectivity index is 2.69. The summed E-state index contributed by atoms with van der Waals surface area (Å²) in [4.78, 5) is 0. The fourth-order valence-electron chi connectivity index (χ4n) is 1.90. The molecular weight excluding hydrogens is 181 g/mol. The molecular formula is C9H22N3P. The second kappa shape index (κ2) is 4.59. The van der Waals surface area contributed by atoms with E-state index in [0.29, 0.717) is 5.66 Å². The summed E-state index contributed by atoms with van der Waals surface area (Å²) in [5.74, 6) is 0. The van der Waals surface area contributed by atoms with Gasteiger partial charge in [-0.25, -0.2) is 0 Å². The highest BCUT2D eigenvalue weighted by atomic mass is 31.2. The van der Waals surface area contributed by atoms with Crippen molar-refractivity contribution in [3.05, 3.63) is 0 Å². The smallest absolute Gasteiger partial charge is 0.0310 e. The first-order valence-corrected chi connectivity index (χ1v) is 7.20. The van der Waals surface area contributed by atoms with Crippen molar-refractivity contribution in [3.63, 3.8) is 0 Å². The number of hydrogen-bond acceptors (Lipinski definition) is 2. The van der Waals surface area contributed by atoms with Crippen LogP contribution in [-0.2, 0) is 0 Å². The molecule has 3 nitrogen and oxygen atoms in total. The van der Waals surface area contributed by atoms with E-state index in [9.17, 15) is 0 Å². The largest absolute Gasteiger partial charge is 0.314 e. The standard InChI is InChI=1S/C9H22N3P/c1-4-13(10,9(2)3)12-7-5-11-6-8-12/h9-11H,4-8H2,1-3H3. The van der Waals surface area contributed by atoms with Crippen LogP contribution >= 0.6 is 7.21 Å². The Hall–Kier alpha value is 0.150. The normalized spacial score (nSPS) is 24.6. The van der Waals surface area contributed by atoms with E-state index in [1.54, 1.807) is 0 Å². The highest BCUT2D eigenvalue weighted by Crippen LogP contribution is 2.54. The topological polar surface area (TPSA) is 39.1 Å². The van der Waals surface area contributed by atoms with Crippen LogP contribution in [0.2, 0.25) is 0 Å². The molecule has 1 aliphatic rings. The average Bonchev–Trinajstić information content (AvgIpc) is 2.17. The molecule has 0 saturated carbocycles. The monoisotopic (exact) mass is 203 g/mol. The Morgan fingerprint density at radius 3 is 2.31 bits per heavy atom. The second-order valence-corrected chi connectivity index (χ2v) is 7.82. The lowest BCUT2D eigenvalue weighted by Crippen LogP contribution is -2.42. The van der Waals surface area contributed by atoms with Gasteiger partial charge in [-0.3, -0.25) is 4.67 Å². The van der Waals surface area contributed by atoms with Crippen molar-refractivity contribution < 1.29 is 0 Å². The lowest BCUT2D eigenvalue weighted by atomic mass is 10.4. The summed E-state index contributed by atoms with van der Waals surface area (Å²) in [5, 5.41) is 11.9. The molecule has 0 amide bonds. The molecule has 1 unspecified atom stereocenters. The van der Waals surface area contributed by atoms with Gasteiger partial charge >= 0.3 is 0 Å². The molecule has 78 valence electrons. The van der Waals surface area contributed by atoms with Crippen LogP contribution in [0.4, 0.5) is 0 Å². The number of nitrogens with one attached hydrogen (secondary N) is 2. The lowest BCUT2D eigenvalue weighted by Gasteiger charge is -2.40. The van der Waals surface area contributed by atoms with Crippen molar-refractivity contribution in [2.75, 3.05) is 32.3 Å². The molecule has 1 fully saturated rings. The van der Waals surface area contributed by atoms with Crippen LogP contribution in [0.25, 0.3) is 0 Å². The summed E-state index contributed by atoms with van der Waals surface area (Å²) >= 11 is 0. The molecule has 2 N–H and O–H groups in total. The quantitative estimate of drug-likeness (QED) is 0.689. The molecule has 0 radical (unpaired) electrons. The van der Waals surface area contributed by atoms with Crippen LogP contribution in [0.15, 0.2) is 0 Å². The maximum absolute atomic E-state index is 8.53. The first-order valence-electron chi connectivity index (χ1n) is 5.20. The Labute approximate surface area is 81.8 Å². The minimum Gasteiger partial charge on any atom is -0.314 e. The Morgan fingerprint density at radius 2 is 1.92 bits per heavy atom. The van der Waals surface area contributed by atoms with Crippen molar-refractivity contribution in [2.45, 2.75) is 26.4 Å². The molecule has 1 rings (SSSR count). The average molecular weight is 203 g/mol. The zero-order chi connectivity index (χ0) is 9.90. The van der Waals surface area contributed by atoms with Gasteiger partial charge in [-0.15, -0.1) is 0 Å². The van der Waals surface area contributed by atoms with Gasteiger partial charge in [0.25, 0.3) is 0 Å². The lowest BCUT2D eigenvalue weighted by molar-refractivity contribution is 0.377. The van der Waals surface area contributed by atoms with Crippen molar-refractivity contribution in [1.29, 1.82) is 5.16 Å². The molecule has 1 aliphatic heterocycles. The van der Waals surface area contributed by atoms with Crippen molar-refractivity contribution >= 4 is 7.21 Å². The number of nitrogens with zero attached hydrogens (tertiary/aromatic N) is 1. The summed E-state index contributed by atoms with van der Waals surface area (Å²) < 4.78 is 2.42. The fraction of sp³-hybridized carbons (Fsp3) is 1.00. The molecule has 13 heavy (non-hydrogen) atoms. The van der Waals surface area contributed by atoms with Gasteiger partial charge < -0.3 is 10.5 Å². The first kappa shape index (κ1) is 11.2. The number of rotatable bonds is 3. The van der Waals surface area contributed by atoms with E-state index in [4.69, 9.17) is 5.16 Å². The van der Waals surface area contributed by atoms with E-state index in [2.05, 4.69) is 30.8 Å². The maximum Gasteiger partial charge on any atom is 0.0310 e. The van der Waals surface area contributed by atoms with Crippen LogP contribution in [0, 0.1) is 5.16 Å². The van der Waals surface area contributed by atoms with Gasteiger partial charge in [0, 0.05) is 39.0 Å². The molecule has 1 saturated heterocycles. The van der Waals surface area contributed by atoms with Gasteiger partial charge in [0.05, 0.1) is 0 Å². The van der Waals surface area contributed by atoms with Crippen LogP contribution in [0.1, 0.15) is 20.8 Å². The Kier molecular flexibility index (Phi) is 3.96. The summed E-state index contributed by atoms with van der Waals surface area (Å²) in [6.07, 6.45) is 1.03. The van der Waals surface area contributed by atoms with Crippen molar-refractivity contribution in [1.82, 2.24) is 9.99 Å². The highest BCUT2D eigenvalue weighted by molar-refractivity contribution is 7.63. The molecule has 0 aromatic heterocycles. The van der Waals surface area contributed by atoms with E-state index < -0.39 is 7.21 Å². The van der Waals surface area contributed by atoms with E-state index in [-0.39, 0.29) is 0 Å². The Morgan fingerprint density at radius 1 is 1.38 bits per heavy atom. The molecule has 0 aromatic rings. The SMILES string of the molecule is CCP(=N)(C(C)C)N1CCNCC1. The van der Waals surface area contributed by atoms with Crippen LogP contribution in [-0.4, -0.2) is 42.7 Å². The van der Waals surface area contributed by atoms with E-state index in [0.717, 1.165) is 32.3 Å². The van der Waals surface area contributed by atoms with Gasteiger partial charge in [0.15, 0.2) is 0 Å². The zero-order valence-corrected chi connectivity index (χ0v) is 9.90. The summed E-state index contributed by atoms with van der Waals surface area (Å²) in [6.45, 7) is 10.8. The molecule has 0 aromatic carbocycles. The number of piperazine rings is 1. The summed E-state index contributed by atoms with van der Waals surface area (Å²) in [7, 11) is -1.55. The van der Waals surface area contributed by atoms with Crippen LogP contribution < -0.4 is 5.32 Å². The van der Waals surface area contributed by atoms with Crippen LogP contribution in [0.3, 0.4) is 0 Å². The number of hydrogen-bond donors (Lipinski definition) is 2. The zero-order valence-electron chi connectivity index (χ0n) is 9.01. The fourth-order valence-corrected chi connectivity index (χ4v) is 4.60. The maximum atomic E-state index is 8.53. The highest BCUT2D eigenvalue weighted by Gasteiger charge is 2.27. The second-order valence-electron chi connectivity index (χ2n) is 3.94. The van der Waals surface area contributed by atoms with Gasteiger partial charge in [-0.2, -0.15) is 0 Å². The summed E-state index contributed by atoms with van der Waals surface area (Å²) in [5.41, 5.74) is 0.524. The molecule has 1 heterocycles. The summed E-state index contributed by atoms with van der Waals surface area (Å²) in [6, 6.07) is 0. The van der Waals surface area contributed by atoms with Crippen molar-refractivity contribution in [3.8, 4) is 0 Å². The molecule has 1 atom stereocenters. The van der Waals surface area contributed by atoms with E-state index in [1.165, 1.54) is 0 Å². The first-order chi connectivity index (χ1) is 6.11. The van der Waals surface area contributed by atoms with Gasteiger partial charge in [0.1, 0.15) is 0 Å². The Bertz CT molecular complexity index is 197. The van der Waals surface area contributed by atoms with E-state index in [1.807, 2.05) is 0 Å². The molecule has 0 spiro atoms. The predicted molar refractivity (Wildman–Crippen MR) is 59.8 cm³/mol. The third-order valence-corrected chi connectivity index (χ3v) is 7.02. The van der Waals surface area contributed by atoms with Gasteiger partial charge in [-0.05, 0) is 6.16 Å². The van der Waals surface area contributed by atoms with Crippen molar-refractivity contribution in [2.24, 2.45) is 0 Å². The molecule has 0 bridgehead atoms. The minimum atomic E-state index is -1.55. The molecule has 0 aliphatic carbocycles. The minimum absolute atomic E-state index is 0.524. The third-order valence-electron chi connectivity index (χ3n) is 2.93.